The van der Waals surface area contributed by atoms with Gasteiger partial charge in [-0.25, -0.2) is 9.97 Å². The van der Waals surface area contributed by atoms with E-state index in [1.54, 1.807) is 11.5 Å². The highest BCUT2D eigenvalue weighted by atomic mass is 16.1. The molecule has 0 aliphatic heterocycles. The lowest BCUT2D eigenvalue weighted by Gasteiger charge is -2.14. The lowest BCUT2D eigenvalue weighted by molar-refractivity contribution is 0.588. The number of aryl methyl sites for hydroxylation is 3. The van der Waals surface area contributed by atoms with Crippen molar-refractivity contribution < 1.29 is 0 Å². The third-order valence-electron chi connectivity index (χ3n) is 2.99. The molecule has 0 radical (unpaired) electrons. The van der Waals surface area contributed by atoms with Gasteiger partial charge in [0.15, 0.2) is 5.65 Å². The van der Waals surface area contributed by atoms with E-state index in [9.17, 15) is 4.79 Å². The quantitative estimate of drug-likeness (QED) is 0.756. The molecule has 0 amide bonds. The first-order valence-corrected chi connectivity index (χ1v) is 5.79. The Morgan fingerprint density at radius 2 is 1.76 bits per heavy atom. The number of hydrogen-bond donors (Lipinski definition) is 0. The highest BCUT2D eigenvalue weighted by Crippen LogP contribution is 2.16. The van der Waals surface area contributed by atoms with Crippen LogP contribution >= 0.6 is 0 Å². The maximum atomic E-state index is 12.1. The molecular weight excluding hydrogens is 214 g/mol. The van der Waals surface area contributed by atoms with Crippen molar-refractivity contribution in [2.45, 2.75) is 40.7 Å². The van der Waals surface area contributed by atoms with Gasteiger partial charge in [0.25, 0.3) is 5.56 Å². The van der Waals surface area contributed by atoms with Crippen LogP contribution in [0.2, 0.25) is 0 Å². The molecule has 2 rings (SSSR count). The van der Waals surface area contributed by atoms with Crippen LogP contribution in [0, 0.1) is 20.8 Å². The van der Waals surface area contributed by atoms with E-state index in [0.29, 0.717) is 11.3 Å². The van der Waals surface area contributed by atoms with Crippen molar-refractivity contribution in [2.24, 2.45) is 0 Å². The first-order valence-electron chi connectivity index (χ1n) is 5.79. The zero-order valence-electron chi connectivity index (χ0n) is 10.9. The molecule has 0 aromatic carbocycles. The molecule has 0 aliphatic carbocycles. The second-order valence-electron chi connectivity index (χ2n) is 4.70. The average Bonchev–Trinajstić information content (AvgIpc) is 2.23. The maximum Gasteiger partial charge on any atom is 0.273 e. The Morgan fingerprint density at radius 1 is 1.12 bits per heavy atom. The van der Waals surface area contributed by atoms with Gasteiger partial charge in [-0.05, 0) is 46.2 Å². The summed E-state index contributed by atoms with van der Waals surface area (Å²) in [6.45, 7) is 9.66. The molecule has 4 heteroatoms. The van der Waals surface area contributed by atoms with Crippen LogP contribution in [0.1, 0.15) is 36.8 Å². The normalized spacial score (nSPS) is 11.4. The summed E-state index contributed by atoms with van der Waals surface area (Å²) in [5, 5.41) is 0. The van der Waals surface area contributed by atoms with Crippen LogP contribution in [0.5, 0.6) is 0 Å². The van der Waals surface area contributed by atoms with E-state index in [-0.39, 0.29) is 11.6 Å². The van der Waals surface area contributed by atoms with Crippen molar-refractivity contribution in [3.63, 3.8) is 0 Å². The van der Waals surface area contributed by atoms with Gasteiger partial charge >= 0.3 is 0 Å². The molecule has 0 fully saturated rings. The summed E-state index contributed by atoms with van der Waals surface area (Å²) in [6, 6.07) is 2.07. The first-order chi connectivity index (χ1) is 7.91. The van der Waals surface area contributed by atoms with E-state index in [1.807, 2.05) is 33.8 Å². The monoisotopic (exact) mass is 231 g/mol. The van der Waals surface area contributed by atoms with E-state index < -0.39 is 0 Å². The molecule has 0 aliphatic rings. The molecule has 0 bridgehead atoms. The molecule has 0 saturated carbocycles. The van der Waals surface area contributed by atoms with Crippen LogP contribution in [0.4, 0.5) is 0 Å². The standard InChI is InChI=1S/C13H17N3O/c1-7(2)16-12-11(14-10(5)13(16)17)6-8(3)9(4)15-12/h6-7H,1-5H3. The Balaban J connectivity index is 2.98. The Morgan fingerprint density at radius 3 is 2.35 bits per heavy atom. The van der Waals surface area contributed by atoms with Crippen LogP contribution in [0.25, 0.3) is 11.2 Å². The van der Waals surface area contributed by atoms with E-state index >= 15 is 0 Å². The third kappa shape index (κ3) is 1.84. The zero-order chi connectivity index (χ0) is 12.7. The highest BCUT2D eigenvalue weighted by molar-refractivity contribution is 5.71. The minimum absolute atomic E-state index is 0.0525. The highest BCUT2D eigenvalue weighted by Gasteiger charge is 2.12. The van der Waals surface area contributed by atoms with Gasteiger partial charge < -0.3 is 0 Å². The molecule has 4 nitrogen and oxygen atoms in total. The summed E-state index contributed by atoms with van der Waals surface area (Å²) in [5.41, 5.74) is 3.98. The number of aromatic nitrogens is 3. The van der Waals surface area contributed by atoms with Crippen molar-refractivity contribution in [3.8, 4) is 0 Å². The van der Waals surface area contributed by atoms with Crippen molar-refractivity contribution in [3.05, 3.63) is 33.4 Å². The van der Waals surface area contributed by atoms with Crippen molar-refractivity contribution in [1.29, 1.82) is 0 Å². The van der Waals surface area contributed by atoms with Crippen LogP contribution in [-0.4, -0.2) is 14.5 Å². The van der Waals surface area contributed by atoms with Gasteiger partial charge in [-0.3, -0.25) is 9.36 Å². The fourth-order valence-corrected chi connectivity index (χ4v) is 1.92. The van der Waals surface area contributed by atoms with Crippen molar-refractivity contribution in [1.82, 2.24) is 14.5 Å². The largest absolute Gasteiger partial charge is 0.287 e. The fourth-order valence-electron chi connectivity index (χ4n) is 1.92. The van der Waals surface area contributed by atoms with Crippen molar-refractivity contribution >= 4 is 11.2 Å². The Hall–Kier alpha value is -1.71. The summed E-state index contributed by atoms with van der Waals surface area (Å²) in [7, 11) is 0. The van der Waals surface area contributed by atoms with E-state index in [4.69, 9.17) is 0 Å². The number of nitrogens with zero attached hydrogens (tertiary/aromatic N) is 3. The molecule has 2 aromatic rings. The van der Waals surface area contributed by atoms with Gasteiger partial charge in [0.1, 0.15) is 11.2 Å². The fraction of sp³-hybridized carbons (Fsp3) is 0.462. The molecule has 17 heavy (non-hydrogen) atoms. The predicted octanol–water partition coefficient (Wildman–Crippen LogP) is 2.30. The molecule has 0 N–H and O–H groups in total. The summed E-state index contributed by atoms with van der Waals surface area (Å²) in [5.74, 6) is 0. The topological polar surface area (TPSA) is 47.8 Å². The summed E-state index contributed by atoms with van der Waals surface area (Å²) in [6.07, 6.45) is 0. The molecule has 0 spiro atoms. The summed E-state index contributed by atoms with van der Waals surface area (Å²) in [4.78, 5) is 20.9. The van der Waals surface area contributed by atoms with Crippen LogP contribution < -0.4 is 5.56 Å². The van der Waals surface area contributed by atoms with Crippen LogP contribution in [0.15, 0.2) is 10.9 Å². The number of hydrogen-bond acceptors (Lipinski definition) is 3. The van der Waals surface area contributed by atoms with Gasteiger partial charge in [0.2, 0.25) is 0 Å². The second-order valence-corrected chi connectivity index (χ2v) is 4.70. The van der Waals surface area contributed by atoms with Gasteiger partial charge in [-0.15, -0.1) is 0 Å². The molecule has 0 atom stereocenters. The number of pyridine rings is 1. The zero-order valence-corrected chi connectivity index (χ0v) is 10.9. The maximum absolute atomic E-state index is 12.1. The first kappa shape index (κ1) is 11.8. The summed E-state index contributed by atoms with van der Waals surface area (Å²) >= 11 is 0. The molecule has 2 aromatic heterocycles. The molecule has 0 saturated heterocycles. The van der Waals surface area contributed by atoms with E-state index in [2.05, 4.69) is 9.97 Å². The predicted molar refractivity (Wildman–Crippen MR) is 68.4 cm³/mol. The summed E-state index contributed by atoms with van der Waals surface area (Å²) < 4.78 is 1.71. The van der Waals surface area contributed by atoms with E-state index in [0.717, 1.165) is 16.8 Å². The Bertz CT molecular complexity index is 641. The van der Waals surface area contributed by atoms with Gasteiger partial charge in [0, 0.05) is 11.7 Å². The molecular formula is C13H17N3O. The second kappa shape index (κ2) is 3.95. The third-order valence-corrected chi connectivity index (χ3v) is 2.99. The van der Waals surface area contributed by atoms with Gasteiger partial charge in [-0.2, -0.15) is 0 Å². The minimum atomic E-state index is -0.0525. The lowest BCUT2D eigenvalue weighted by atomic mass is 10.2. The lowest BCUT2D eigenvalue weighted by Crippen LogP contribution is -2.26. The minimum Gasteiger partial charge on any atom is -0.287 e. The molecule has 2 heterocycles. The number of rotatable bonds is 1. The average molecular weight is 231 g/mol. The molecule has 90 valence electrons. The number of fused-ring (bicyclic) bond motifs is 1. The van der Waals surface area contributed by atoms with Crippen molar-refractivity contribution in [2.75, 3.05) is 0 Å². The Kier molecular flexibility index (Phi) is 2.73. The Labute approximate surface area is 100 Å². The van der Waals surface area contributed by atoms with Gasteiger partial charge in [-0.1, -0.05) is 0 Å². The molecule has 0 unspecified atom stereocenters. The van der Waals surface area contributed by atoms with Gasteiger partial charge in [0.05, 0.1) is 0 Å². The van der Waals surface area contributed by atoms with Crippen LogP contribution in [-0.2, 0) is 0 Å². The van der Waals surface area contributed by atoms with Crippen LogP contribution in [0.3, 0.4) is 0 Å². The smallest absolute Gasteiger partial charge is 0.273 e. The van der Waals surface area contributed by atoms with E-state index in [1.165, 1.54) is 0 Å². The SMILES string of the molecule is Cc1cc2nc(C)c(=O)n(C(C)C)c2nc1C.